The molecule has 0 aliphatic carbocycles. The number of rotatable bonds is 12. The van der Waals surface area contributed by atoms with Crippen LogP contribution in [0.4, 0.5) is 0 Å². The first-order valence-corrected chi connectivity index (χ1v) is 18.6. The second-order valence-corrected chi connectivity index (χ2v) is 13.1. The summed E-state index contributed by atoms with van der Waals surface area (Å²) in [4.78, 5) is 0. The zero-order chi connectivity index (χ0) is 35.6. The number of allylic oxidation sites excluding steroid dienone is 4. The number of hydrogen-bond donors (Lipinski definition) is 0. The molecule has 6 rings (SSSR count). The molecular weight excluding hydrogens is 726 g/mol. The first kappa shape index (κ1) is 42.4. The number of nitrogens with zero attached hydrogens (tertiary/aromatic N) is 4. The first-order chi connectivity index (χ1) is 24.3. The van der Waals surface area contributed by atoms with Crippen LogP contribution >= 0.6 is 0 Å². The van der Waals surface area contributed by atoms with Crippen molar-refractivity contribution in [2.45, 2.75) is 92.9 Å². The van der Waals surface area contributed by atoms with Gasteiger partial charge in [0.2, 0.25) is 22.8 Å². The van der Waals surface area contributed by atoms with Gasteiger partial charge in [-0.15, -0.1) is 0 Å². The molecule has 0 radical (unpaired) electrons. The molecule has 0 N–H and O–H groups in total. The molecular formula is C46H52N4Ni2. The van der Waals surface area contributed by atoms with Gasteiger partial charge in [0.1, 0.15) is 0 Å². The van der Waals surface area contributed by atoms with Crippen molar-refractivity contribution < 1.29 is 42.4 Å². The van der Waals surface area contributed by atoms with Gasteiger partial charge in [0.05, 0.1) is 0 Å². The summed E-state index contributed by atoms with van der Waals surface area (Å²) in [5.74, 6) is 0. The van der Waals surface area contributed by atoms with Crippen LogP contribution in [0.1, 0.15) is 112 Å². The first-order valence-electron chi connectivity index (χ1n) is 18.6. The van der Waals surface area contributed by atoms with Crippen molar-refractivity contribution >= 4 is 22.8 Å². The molecule has 0 atom stereocenters. The molecule has 0 spiro atoms. The Balaban J connectivity index is 0.000000270. The van der Waals surface area contributed by atoms with E-state index in [1.165, 1.54) is 42.8 Å². The fraction of sp³-hybridized carbons (Fsp3) is 0.304. The molecule has 276 valence electrons. The van der Waals surface area contributed by atoms with Crippen LogP contribution in [0.2, 0.25) is 0 Å². The van der Waals surface area contributed by atoms with Gasteiger partial charge in [-0.25, -0.2) is 9.39 Å². The van der Waals surface area contributed by atoms with E-state index in [0.29, 0.717) is 0 Å². The fourth-order valence-electron chi connectivity index (χ4n) is 6.67. The van der Waals surface area contributed by atoms with Gasteiger partial charge in [-0.1, -0.05) is 103 Å². The average Bonchev–Trinajstić information content (AvgIpc) is 3.67. The van der Waals surface area contributed by atoms with E-state index in [2.05, 4.69) is 151 Å². The van der Waals surface area contributed by atoms with Gasteiger partial charge < -0.3 is 11.1 Å². The number of hydrogen-bond acceptors (Lipinski definition) is 0. The normalized spacial score (nSPS) is 13.7. The minimum atomic E-state index is 0. The molecule has 52 heavy (non-hydrogen) atoms. The maximum absolute atomic E-state index is 10.9. The van der Waals surface area contributed by atoms with Crippen LogP contribution in [0.25, 0.3) is 33.9 Å². The molecule has 0 bridgehead atoms. The average molecular weight is 778 g/mol. The Kier molecular flexibility index (Phi) is 16.6. The van der Waals surface area contributed by atoms with Gasteiger partial charge in [0, 0.05) is 78.5 Å². The minimum Gasteiger partial charge on any atom is -0.493 e. The Bertz CT molecular complexity index is 1800. The largest absolute Gasteiger partial charge is 0.493 e. The van der Waals surface area contributed by atoms with E-state index in [1.807, 2.05) is 0 Å². The van der Waals surface area contributed by atoms with E-state index in [0.717, 1.165) is 96.4 Å². The number of benzene rings is 4. The van der Waals surface area contributed by atoms with Crippen molar-refractivity contribution in [3.8, 4) is 0 Å². The van der Waals surface area contributed by atoms with Gasteiger partial charge in [0.25, 0.3) is 0 Å². The van der Waals surface area contributed by atoms with Gasteiger partial charge in [-0.05, 0) is 109 Å². The second kappa shape index (κ2) is 20.3. The smallest absolute Gasteiger partial charge is 0.210 e. The number of aryl methyl sites for hydroxylation is 4. The van der Waals surface area contributed by atoms with Crippen molar-refractivity contribution in [1.82, 2.24) is 0 Å². The monoisotopic (exact) mass is 776 g/mol. The van der Waals surface area contributed by atoms with Crippen LogP contribution in [-0.4, -0.2) is 9.39 Å². The Hall–Kier alpha value is -3.97. The standard InChI is InChI=1S/2C23H26N2.2Ni/c2*1-4-7-21-16-22(19-12-8-17(5-2)9-13-19)25(24)23(21)20-14-10-18(6-3)11-15-20;;/h2*8-16H,4-7H2,1-3H3;;. The quantitative estimate of drug-likeness (QED) is 0.102. The van der Waals surface area contributed by atoms with Crippen molar-refractivity contribution in [2.75, 3.05) is 0 Å². The zero-order valence-electron chi connectivity index (χ0n) is 31.5. The molecule has 0 unspecified atom stereocenters. The predicted molar refractivity (Wildman–Crippen MR) is 210 cm³/mol. The van der Waals surface area contributed by atoms with E-state index in [1.54, 1.807) is 0 Å². The molecule has 0 saturated carbocycles. The van der Waals surface area contributed by atoms with Crippen LogP contribution in [-0.2, 0) is 58.7 Å². The molecule has 4 aromatic rings. The molecule has 4 aromatic carbocycles. The molecule has 2 heterocycles. The Morgan fingerprint density at radius 3 is 0.865 bits per heavy atom. The molecule has 0 aromatic heterocycles. The van der Waals surface area contributed by atoms with E-state index in [4.69, 9.17) is 0 Å². The molecule has 0 amide bonds. The summed E-state index contributed by atoms with van der Waals surface area (Å²) in [6, 6.07) is 34.0. The van der Waals surface area contributed by atoms with E-state index >= 15 is 0 Å². The SMILES string of the molecule is CCCC1=C(c2ccc(CC)cc2)[N+](=[N-])C(c2ccc(CC)cc2)=C1.CCCC1=C(c2ccc(CC)cc2)[N+](=[N-])C(c2ccc(CC)cc2)=C1.[Ni].[Ni]. The Morgan fingerprint density at radius 2 is 0.635 bits per heavy atom. The fourth-order valence-corrected chi connectivity index (χ4v) is 6.67. The summed E-state index contributed by atoms with van der Waals surface area (Å²) in [5.41, 5.74) is 37.3. The van der Waals surface area contributed by atoms with Crippen LogP contribution in [0, 0.1) is 0 Å². The molecule has 4 nitrogen and oxygen atoms in total. The third-order valence-electron chi connectivity index (χ3n) is 9.74. The van der Waals surface area contributed by atoms with Crippen LogP contribution in [0.5, 0.6) is 0 Å². The zero-order valence-corrected chi connectivity index (χ0v) is 33.4. The van der Waals surface area contributed by atoms with E-state index in [9.17, 15) is 11.1 Å². The molecule has 0 saturated heterocycles. The van der Waals surface area contributed by atoms with Crippen LogP contribution in [0.15, 0.2) is 120 Å². The van der Waals surface area contributed by atoms with Gasteiger partial charge in [-0.3, -0.25) is 0 Å². The maximum atomic E-state index is 10.9. The Morgan fingerprint density at radius 1 is 0.385 bits per heavy atom. The third kappa shape index (κ3) is 9.71. The van der Waals surface area contributed by atoms with Crippen molar-refractivity contribution in [3.05, 3.63) is 176 Å². The molecule has 2 aliphatic rings. The topological polar surface area (TPSA) is 50.6 Å². The summed E-state index contributed by atoms with van der Waals surface area (Å²) < 4.78 is 2.74. The molecule has 0 fully saturated rings. The molecule has 6 heteroatoms. The van der Waals surface area contributed by atoms with Crippen LogP contribution in [0.3, 0.4) is 0 Å². The van der Waals surface area contributed by atoms with Gasteiger partial charge in [0.15, 0.2) is 0 Å². The minimum absolute atomic E-state index is 0. The Labute approximate surface area is 332 Å². The summed E-state index contributed by atoms with van der Waals surface area (Å²) in [6.45, 7) is 13.0. The summed E-state index contributed by atoms with van der Waals surface area (Å²) >= 11 is 0. The second-order valence-electron chi connectivity index (χ2n) is 13.1. The summed E-state index contributed by atoms with van der Waals surface area (Å²) in [7, 11) is 0. The predicted octanol–water partition coefficient (Wildman–Crippen LogP) is 12.8. The van der Waals surface area contributed by atoms with Crippen molar-refractivity contribution in [1.29, 1.82) is 0 Å². The van der Waals surface area contributed by atoms with Crippen molar-refractivity contribution in [2.24, 2.45) is 0 Å². The maximum Gasteiger partial charge on any atom is 0.210 e. The molecule has 2 aliphatic heterocycles. The van der Waals surface area contributed by atoms with Gasteiger partial charge >= 0.3 is 0 Å². The van der Waals surface area contributed by atoms with Gasteiger partial charge in [-0.2, -0.15) is 0 Å². The van der Waals surface area contributed by atoms with E-state index in [-0.39, 0.29) is 33.0 Å². The third-order valence-corrected chi connectivity index (χ3v) is 9.74. The summed E-state index contributed by atoms with van der Waals surface area (Å²) in [5, 5.41) is 0. The van der Waals surface area contributed by atoms with E-state index < -0.39 is 0 Å². The van der Waals surface area contributed by atoms with Crippen molar-refractivity contribution in [3.63, 3.8) is 0 Å². The van der Waals surface area contributed by atoms with Crippen LogP contribution < -0.4 is 0 Å². The summed E-state index contributed by atoms with van der Waals surface area (Å²) in [6.07, 6.45) is 12.4.